The van der Waals surface area contributed by atoms with Crippen LogP contribution in [0.4, 0.5) is 0 Å². The minimum atomic E-state index is -0.646. The summed E-state index contributed by atoms with van der Waals surface area (Å²) in [5, 5.41) is 0. The van der Waals surface area contributed by atoms with Gasteiger partial charge in [0.1, 0.15) is 17.9 Å². The fourth-order valence-corrected chi connectivity index (χ4v) is 1.43. The van der Waals surface area contributed by atoms with Gasteiger partial charge in [0.25, 0.3) is 0 Å². The highest BCUT2D eigenvalue weighted by molar-refractivity contribution is 5.93. The number of benzene rings is 2. The van der Waals surface area contributed by atoms with Gasteiger partial charge in [-0.25, -0.2) is 0 Å². The van der Waals surface area contributed by atoms with Crippen molar-refractivity contribution in [1.82, 2.24) is 0 Å². The quantitative estimate of drug-likeness (QED) is 0.363. The monoisotopic (exact) mass is 310 g/mol. The lowest BCUT2D eigenvalue weighted by Crippen LogP contribution is -2.18. The Hall–Kier alpha value is -3.14. The van der Waals surface area contributed by atoms with E-state index in [-0.39, 0.29) is 0 Å². The number of carbonyl (C=O) groups excluding carboxylic acids is 2. The van der Waals surface area contributed by atoms with Gasteiger partial charge in [-0.15, -0.1) is 0 Å². The topological polar surface area (TPSA) is 52.6 Å². The molecule has 118 valence electrons. The molecule has 0 amide bonds. The lowest BCUT2D eigenvalue weighted by atomic mass is 10.3. The largest absolute Gasteiger partial charge is 0.426 e. The van der Waals surface area contributed by atoms with Crippen LogP contribution < -0.4 is 9.47 Å². The molecule has 0 heterocycles. The molecule has 0 saturated heterocycles. The molecule has 2 aromatic carbocycles. The number of hydrogen-bond acceptors (Lipinski definition) is 4. The molecule has 0 aliphatic carbocycles. The van der Waals surface area contributed by atoms with Gasteiger partial charge in [0, 0.05) is 0 Å². The first-order valence-electron chi connectivity index (χ1n) is 6.90. The summed E-state index contributed by atoms with van der Waals surface area (Å²) in [7, 11) is 0. The van der Waals surface area contributed by atoms with Gasteiger partial charge in [0.2, 0.25) is 0 Å². The van der Waals surface area contributed by atoms with E-state index in [0.717, 1.165) is 0 Å². The molecule has 0 atom stereocenters. The van der Waals surface area contributed by atoms with Crippen molar-refractivity contribution >= 4 is 11.9 Å². The summed E-state index contributed by atoms with van der Waals surface area (Å²) in [6, 6.07) is 17.1. The second-order valence-electron chi connectivity index (χ2n) is 4.22. The number of allylic oxidation sites excluding steroid dienone is 2. The average Bonchev–Trinajstić information content (AvgIpc) is 2.56. The Morgan fingerprint density at radius 2 is 1.09 bits per heavy atom. The normalized spacial score (nSPS) is 8.87. The molecule has 2 rings (SSSR count). The van der Waals surface area contributed by atoms with Crippen molar-refractivity contribution in [3.05, 3.63) is 86.0 Å². The molecule has 0 N–H and O–H groups in total. The zero-order valence-corrected chi connectivity index (χ0v) is 12.7. The van der Waals surface area contributed by atoms with Gasteiger partial charge in [-0.1, -0.05) is 61.7 Å². The maximum atomic E-state index is 11.5. The van der Waals surface area contributed by atoms with E-state index < -0.39 is 18.4 Å². The molecule has 0 aliphatic rings. The number of hydrogen-bond donors (Lipinski definition) is 0. The van der Waals surface area contributed by atoms with Crippen molar-refractivity contribution in [3.63, 3.8) is 0 Å². The van der Waals surface area contributed by atoms with Crippen LogP contribution in [-0.2, 0) is 9.59 Å². The van der Waals surface area contributed by atoms with Gasteiger partial charge in [0.15, 0.2) is 0 Å². The van der Waals surface area contributed by atoms with E-state index in [1.807, 2.05) is 0 Å². The van der Waals surface area contributed by atoms with Gasteiger partial charge in [-0.05, 0) is 24.3 Å². The highest BCUT2D eigenvalue weighted by Gasteiger charge is 2.13. The molecule has 4 nitrogen and oxygen atoms in total. The van der Waals surface area contributed by atoms with E-state index in [4.69, 9.17) is 9.47 Å². The van der Waals surface area contributed by atoms with Crippen molar-refractivity contribution in [2.24, 2.45) is 0 Å². The van der Waals surface area contributed by atoms with Gasteiger partial charge in [-0.2, -0.15) is 0 Å². The molecule has 0 aliphatic heterocycles. The third-order valence-corrected chi connectivity index (χ3v) is 2.41. The van der Waals surface area contributed by atoms with Crippen LogP contribution in [0, 0.1) is 0 Å². The maximum Gasteiger partial charge on any atom is 0.322 e. The lowest BCUT2D eigenvalue weighted by molar-refractivity contribution is -0.144. The van der Waals surface area contributed by atoms with E-state index in [1.165, 1.54) is 0 Å². The lowest BCUT2D eigenvalue weighted by Gasteiger charge is -2.04. The SMILES string of the molecule is C=CC=C.O=C(CC(=O)Oc1ccccc1)Oc1ccccc1. The van der Waals surface area contributed by atoms with Gasteiger partial charge in [0.05, 0.1) is 0 Å². The highest BCUT2D eigenvalue weighted by atomic mass is 16.6. The second-order valence-corrected chi connectivity index (χ2v) is 4.22. The second kappa shape index (κ2) is 10.6. The summed E-state index contributed by atoms with van der Waals surface area (Å²) >= 11 is 0. The van der Waals surface area contributed by atoms with Crippen LogP contribution in [0.1, 0.15) is 6.42 Å². The molecule has 0 aromatic heterocycles. The van der Waals surface area contributed by atoms with Crippen LogP contribution in [0.15, 0.2) is 86.0 Å². The van der Waals surface area contributed by atoms with Crippen LogP contribution in [0.5, 0.6) is 11.5 Å². The zero-order valence-electron chi connectivity index (χ0n) is 12.7. The minimum absolute atomic E-state index is 0.403. The van der Waals surface area contributed by atoms with Gasteiger partial charge < -0.3 is 9.47 Å². The Morgan fingerprint density at radius 3 is 1.39 bits per heavy atom. The summed E-state index contributed by atoms with van der Waals surface area (Å²) in [4.78, 5) is 23.0. The summed E-state index contributed by atoms with van der Waals surface area (Å²) < 4.78 is 9.97. The summed E-state index contributed by atoms with van der Waals surface area (Å²) in [6.07, 6.45) is 2.85. The molecule has 23 heavy (non-hydrogen) atoms. The molecule has 0 fully saturated rings. The van der Waals surface area contributed by atoms with Crippen molar-refractivity contribution in [2.45, 2.75) is 6.42 Å². The molecule has 4 heteroatoms. The molecule has 2 aromatic rings. The molecule has 0 unspecified atom stereocenters. The van der Waals surface area contributed by atoms with Crippen molar-refractivity contribution < 1.29 is 19.1 Å². The van der Waals surface area contributed by atoms with Crippen molar-refractivity contribution in [1.29, 1.82) is 0 Å². The fourth-order valence-electron chi connectivity index (χ4n) is 1.43. The van der Waals surface area contributed by atoms with Crippen LogP contribution in [0.2, 0.25) is 0 Å². The number of ether oxygens (including phenoxy) is 2. The van der Waals surface area contributed by atoms with E-state index in [1.54, 1.807) is 72.8 Å². The average molecular weight is 310 g/mol. The van der Waals surface area contributed by atoms with Crippen LogP contribution in [-0.4, -0.2) is 11.9 Å². The molecular formula is C19H18O4. The summed E-state index contributed by atoms with van der Waals surface area (Å²) in [5.74, 6) is -0.487. The van der Waals surface area contributed by atoms with E-state index >= 15 is 0 Å². The summed E-state index contributed by atoms with van der Waals surface area (Å²) in [6.45, 7) is 6.72. The van der Waals surface area contributed by atoms with Crippen LogP contribution >= 0.6 is 0 Å². The molecular weight excluding hydrogens is 292 g/mol. The zero-order chi connectivity index (χ0) is 16.9. The Labute approximate surface area is 135 Å². The summed E-state index contributed by atoms with van der Waals surface area (Å²) in [5.41, 5.74) is 0. The standard InChI is InChI=1S/C15H12O4.C4H6/c16-14(18-12-7-3-1-4-8-12)11-15(17)19-13-9-5-2-6-10-13;1-3-4-2/h1-10H,11H2;3-4H,1-2H2. The molecule has 0 spiro atoms. The number of rotatable bonds is 5. The fraction of sp³-hybridized carbons (Fsp3) is 0.0526. The van der Waals surface area contributed by atoms with Crippen molar-refractivity contribution in [3.8, 4) is 11.5 Å². The maximum absolute atomic E-state index is 11.5. The highest BCUT2D eigenvalue weighted by Crippen LogP contribution is 2.11. The van der Waals surface area contributed by atoms with Crippen LogP contribution in [0.3, 0.4) is 0 Å². The smallest absolute Gasteiger partial charge is 0.322 e. The molecule has 0 bridgehead atoms. The first-order chi connectivity index (χ1) is 11.2. The number of para-hydroxylation sites is 2. The Morgan fingerprint density at radius 1 is 0.739 bits per heavy atom. The Bertz CT molecular complexity index is 575. The first kappa shape index (κ1) is 17.9. The minimum Gasteiger partial charge on any atom is -0.426 e. The predicted molar refractivity (Wildman–Crippen MR) is 89.2 cm³/mol. The van der Waals surface area contributed by atoms with E-state index in [9.17, 15) is 9.59 Å². The Kier molecular flexibility index (Phi) is 8.23. The number of carbonyl (C=O) groups is 2. The third-order valence-electron chi connectivity index (χ3n) is 2.41. The Balaban J connectivity index is 0.000000593. The van der Waals surface area contributed by atoms with E-state index in [2.05, 4.69) is 13.2 Å². The van der Waals surface area contributed by atoms with Crippen LogP contribution in [0.25, 0.3) is 0 Å². The first-order valence-corrected chi connectivity index (χ1v) is 6.90. The number of esters is 2. The third kappa shape index (κ3) is 8.02. The molecule has 0 radical (unpaired) electrons. The van der Waals surface area contributed by atoms with Gasteiger partial charge in [-0.3, -0.25) is 9.59 Å². The predicted octanol–water partition coefficient (Wildman–Crippen LogP) is 3.95. The van der Waals surface area contributed by atoms with E-state index in [0.29, 0.717) is 11.5 Å². The van der Waals surface area contributed by atoms with Gasteiger partial charge >= 0.3 is 11.9 Å². The molecule has 0 saturated carbocycles. The van der Waals surface area contributed by atoms with Crippen molar-refractivity contribution in [2.75, 3.05) is 0 Å².